The smallest absolute Gasteiger partial charge is 0.167 e. The molecule has 0 saturated heterocycles. The van der Waals surface area contributed by atoms with Crippen LogP contribution in [0.2, 0.25) is 5.02 Å². The Morgan fingerprint density at radius 3 is 2.62 bits per heavy atom. The molecule has 0 spiro atoms. The monoisotopic (exact) mass is 302 g/mol. The van der Waals surface area contributed by atoms with Gasteiger partial charge in [0.25, 0.3) is 0 Å². The van der Waals surface area contributed by atoms with Crippen molar-refractivity contribution in [2.75, 3.05) is 13.8 Å². The molecule has 0 atom stereocenters. The molecule has 1 heterocycles. The van der Waals surface area contributed by atoms with E-state index in [9.17, 15) is 0 Å². The molecule has 0 amide bonds. The molecule has 0 bridgehead atoms. The Labute approximate surface area is 128 Å². The van der Waals surface area contributed by atoms with Crippen LogP contribution in [0.1, 0.15) is 11.1 Å². The standard InChI is InChI=1S/C16H15ClN2O2/c1-20-9-13-8-12(16-18-10-21-19-16)4-7-15(13)11-2-5-14(17)6-3-11/h2-8H,9-10H2,1H3,(H,18,19). The highest BCUT2D eigenvalue weighted by Crippen LogP contribution is 2.27. The molecule has 2 aromatic carbocycles. The zero-order valence-electron chi connectivity index (χ0n) is 11.6. The summed E-state index contributed by atoms with van der Waals surface area (Å²) in [6, 6.07) is 13.9. The maximum absolute atomic E-state index is 5.95. The van der Waals surface area contributed by atoms with Crippen molar-refractivity contribution in [1.82, 2.24) is 5.48 Å². The fourth-order valence-corrected chi connectivity index (χ4v) is 2.43. The zero-order valence-corrected chi connectivity index (χ0v) is 12.4. The molecule has 4 nitrogen and oxygen atoms in total. The predicted molar refractivity (Wildman–Crippen MR) is 83.2 cm³/mol. The summed E-state index contributed by atoms with van der Waals surface area (Å²) in [7, 11) is 1.69. The third-order valence-corrected chi connectivity index (χ3v) is 3.54. The normalized spacial score (nSPS) is 13.9. The van der Waals surface area contributed by atoms with Crippen LogP contribution in [0.15, 0.2) is 47.5 Å². The Hall–Kier alpha value is -1.88. The lowest BCUT2D eigenvalue weighted by Crippen LogP contribution is -2.17. The highest BCUT2D eigenvalue weighted by molar-refractivity contribution is 6.30. The second-order valence-corrected chi connectivity index (χ2v) is 5.13. The fraction of sp³-hybridized carbons (Fsp3) is 0.188. The molecule has 0 aromatic heterocycles. The average Bonchev–Trinajstić information content (AvgIpc) is 3.03. The molecule has 0 aliphatic carbocycles. The van der Waals surface area contributed by atoms with Gasteiger partial charge in [-0.3, -0.25) is 4.84 Å². The Balaban J connectivity index is 2.01. The van der Waals surface area contributed by atoms with Crippen molar-refractivity contribution in [3.8, 4) is 11.1 Å². The fourth-order valence-electron chi connectivity index (χ4n) is 2.31. The van der Waals surface area contributed by atoms with Crippen molar-refractivity contribution in [1.29, 1.82) is 0 Å². The Bertz CT molecular complexity index is 668. The van der Waals surface area contributed by atoms with Gasteiger partial charge < -0.3 is 4.74 Å². The number of methoxy groups -OCH3 is 1. The van der Waals surface area contributed by atoms with Gasteiger partial charge in [0.1, 0.15) is 0 Å². The van der Waals surface area contributed by atoms with E-state index >= 15 is 0 Å². The predicted octanol–water partition coefficient (Wildman–Crippen LogP) is 3.39. The van der Waals surface area contributed by atoms with Gasteiger partial charge in [-0.2, -0.15) is 0 Å². The number of benzene rings is 2. The summed E-state index contributed by atoms with van der Waals surface area (Å²) in [6.07, 6.45) is 0. The third kappa shape index (κ3) is 3.08. The van der Waals surface area contributed by atoms with E-state index in [1.807, 2.05) is 30.3 Å². The van der Waals surface area contributed by atoms with E-state index in [1.165, 1.54) is 0 Å². The quantitative estimate of drug-likeness (QED) is 0.941. The molecule has 2 aromatic rings. The van der Waals surface area contributed by atoms with Crippen molar-refractivity contribution in [2.24, 2.45) is 4.99 Å². The van der Waals surface area contributed by atoms with Crippen LogP contribution in [-0.4, -0.2) is 19.7 Å². The molecule has 0 radical (unpaired) electrons. The first-order chi connectivity index (χ1) is 10.3. The summed E-state index contributed by atoms with van der Waals surface area (Å²) in [4.78, 5) is 9.29. The first-order valence-electron chi connectivity index (χ1n) is 6.58. The van der Waals surface area contributed by atoms with Crippen LogP contribution in [0, 0.1) is 0 Å². The maximum atomic E-state index is 5.95. The van der Waals surface area contributed by atoms with E-state index < -0.39 is 0 Å². The number of hydrogen-bond acceptors (Lipinski definition) is 4. The lowest BCUT2D eigenvalue weighted by Gasteiger charge is -2.12. The molecular formula is C16H15ClN2O2. The minimum absolute atomic E-state index is 0.341. The highest BCUT2D eigenvalue weighted by atomic mass is 35.5. The number of amidine groups is 1. The number of rotatable bonds is 4. The second-order valence-electron chi connectivity index (χ2n) is 4.69. The molecule has 3 rings (SSSR count). The number of aliphatic imine (C=N–C) groups is 1. The van der Waals surface area contributed by atoms with E-state index in [2.05, 4.69) is 22.6 Å². The number of ether oxygens (including phenoxy) is 1. The summed E-state index contributed by atoms with van der Waals surface area (Å²) in [5.74, 6) is 0.745. The lowest BCUT2D eigenvalue weighted by molar-refractivity contribution is 0.115. The van der Waals surface area contributed by atoms with Gasteiger partial charge in [0.05, 0.1) is 6.61 Å². The van der Waals surface area contributed by atoms with E-state index in [0.717, 1.165) is 33.1 Å². The largest absolute Gasteiger partial charge is 0.380 e. The van der Waals surface area contributed by atoms with Crippen molar-refractivity contribution >= 4 is 17.4 Å². The van der Waals surface area contributed by atoms with E-state index in [1.54, 1.807) is 7.11 Å². The summed E-state index contributed by atoms with van der Waals surface area (Å²) in [6.45, 7) is 0.869. The third-order valence-electron chi connectivity index (χ3n) is 3.29. The van der Waals surface area contributed by atoms with Crippen molar-refractivity contribution < 1.29 is 9.57 Å². The van der Waals surface area contributed by atoms with Crippen LogP contribution in [0.3, 0.4) is 0 Å². The molecule has 1 aliphatic rings. The lowest BCUT2D eigenvalue weighted by atomic mass is 9.97. The number of halogens is 1. The van der Waals surface area contributed by atoms with Crippen molar-refractivity contribution in [3.63, 3.8) is 0 Å². The SMILES string of the molecule is COCc1cc(C2=NCON2)ccc1-c1ccc(Cl)cc1. The number of hydrogen-bond donors (Lipinski definition) is 1. The van der Waals surface area contributed by atoms with Gasteiger partial charge >= 0.3 is 0 Å². The van der Waals surface area contributed by atoms with Crippen LogP contribution >= 0.6 is 11.6 Å². The van der Waals surface area contributed by atoms with Gasteiger partial charge in [0.2, 0.25) is 0 Å². The molecule has 21 heavy (non-hydrogen) atoms. The number of hydroxylamine groups is 1. The van der Waals surface area contributed by atoms with Gasteiger partial charge in [-0.05, 0) is 34.9 Å². The molecule has 0 unspecified atom stereocenters. The van der Waals surface area contributed by atoms with E-state index in [0.29, 0.717) is 13.3 Å². The Morgan fingerprint density at radius 1 is 1.19 bits per heavy atom. The summed E-state index contributed by atoms with van der Waals surface area (Å²) in [5, 5.41) is 0.727. The summed E-state index contributed by atoms with van der Waals surface area (Å²) >= 11 is 5.95. The van der Waals surface area contributed by atoms with E-state index in [-0.39, 0.29) is 0 Å². The Kier molecular flexibility index (Phi) is 4.20. The van der Waals surface area contributed by atoms with Crippen LogP contribution in [0.25, 0.3) is 11.1 Å². The van der Waals surface area contributed by atoms with Gasteiger partial charge in [-0.15, -0.1) is 0 Å². The highest BCUT2D eigenvalue weighted by Gasteiger charge is 2.12. The van der Waals surface area contributed by atoms with Crippen LogP contribution < -0.4 is 5.48 Å². The van der Waals surface area contributed by atoms with Gasteiger partial charge in [0, 0.05) is 17.7 Å². The molecular weight excluding hydrogens is 288 g/mol. The van der Waals surface area contributed by atoms with Gasteiger partial charge in [-0.25, -0.2) is 10.5 Å². The van der Waals surface area contributed by atoms with Crippen LogP contribution in [0.5, 0.6) is 0 Å². The van der Waals surface area contributed by atoms with Crippen molar-refractivity contribution in [2.45, 2.75) is 6.61 Å². The number of nitrogens with zero attached hydrogens (tertiary/aromatic N) is 1. The van der Waals surface area contributed by atoms with Gasteiger partial charge in [-0.1, -0.05) is 35.9 Å². The second kappa shape index (κ2) is 6.26. The Morgan fingerprint density at radius 2 is 1.95 bits per heavy atom. The van der Waals surface area contributed by atoms with Crippen molar-refractivity contribution in [3.05, 3.63) is 58.6 Å². The molecule has 0 fully saturated rings. The zero-order chi connectivity index (χ0) is 14.7. The minimum Gasteiger partial charge on any atom is -0.380 e. The molecule has 1 aliphatic heterocycles. The molecule has 108 valence electrons. The summed E-state index contributed by atoms with van der Waals surface area (Å²) < 4.78 is 5.31. The first kappa shape index (κ1) is 14.1. The topological polar surface area (TPSA) is 42.9 Å². The van der Waals surface area contributed by atoms with Crippen LogP contribution in [-0.2, 0) is 16.2 Å². The molecule has 1 N–H and O–H groups in total. The summed E-state index contributed by atoms with van der Waals surface area (Å²) in [5.41, 5.74) is 7.10. The number of nitrogens with one attached hydrogen (secondary N) is 1. The van der Waals surface area contributed by atoms with Crippen LogP contribution in [0.4, 0.5) is 0 Å². The minimum atomic E-state index is 0.341. The maximum Gasteiger partial charge on any atom is 0.167 e. The molecule has 5 heteroatoms. The first-order valence-corrected chi connectivity index (χ1v) is 6.96. The molecule has 0 saturated carbocycles. The average molecular weight is 303 g/mol. The van der Waals surface area contributed by atoms with Gasteiger partial charge in [0.15, 0.2) is 12.6 Å². The van der Waals surface area contributed by atoms with E-state index in [4.69, 9.17) is 21.2 Å².